The molecule has 0 aliphatic heterocycles. The van der Waals surface area contributed by atoms with Crippen LogP contribution in [0.15, 0.2) is 18.2 Å². The van der Waals surface area contributed by atoms with Gasteiger partial charge in [0.15, 0.2) is 0 Å². The molecule has 0 aliphatic carbocycles. The van der Waals surface area contributed by atoms with Crippen LogP contribution in [0, 0.1) is 12.7 Å². The van der Waals surface area contributed by atoms with E-state index in [1.165, 1.54) is 0 Å². The highest BCUT2D eigenvalue weighted by molar-refractivity contribution is 5.23. The molecule has 84 valence electrons. The molecule has 0 unspecified atom stereocenters. The van der Waals surface area contributed by atoms with Crippen molar-refractivity contribution in [1.82, 2.24) is 5.32 Å². The maximum Gasteiger partial charge on any atom is 0.126 e. The average Bonchev–Trinajstić information content (AvgIpc) is 2.23. The van der Waals surface area contributed by atoms with Crippen LogP contribution in [0.1, 0.15) is 17.5 Å². The van der Waals surface area contributed by atoms with Crippen LogP contribution in [0.2, 0.25) is 0 Å². The van der Waals surface area contributed by atoms with Gasteiger partial charge in [0.1, 0.15) is 5.82 Å². The second-order valence-electron chi connectivity index (χ2n) is 3.61. The first-order valence-corrected chi connectivity index (χ1v) is 5.18. The number of ether oxygens (including phenoxy) is 1. The van der Waals surface area contributed by atoms with Gasteiger partial charge in [-0.3, -0.25) is 0 Å². The third-order valence-corrected chi connectivity index (χ3v) is 2.27. The summed E-state index contributed by atoms with van der Waals surface area (Å²) in [6.07, 6.45) is 0.977. The summed E-state index contributed by atoms with van der Waals surface area (Å²) in [4.78, 5) is 0. The van der Waals surface area contributed by atoms with E-state index < -0.39 is 0 Å². The Labute approximate surface area is 90.4 Å². The first kappa shape index (κ1) is 12.1. The predicted molar refractivity (Wildman–Crippen MR) is 59.3 cm³/mol. The molecule has 0 radical (unpaired) electrons. The SMILES string of the molecule is COCCCNCc1ccc(C)c(F)c1. The van der Waals surface area contributed by atoms with Crippen molar-refractivity contribution in [1.29, 1.82) is 0 Å². The number of halogens is 1. The zero-order valence-electron chi connectivity index (χ0n) is 9.35. The maximum atomic E-state index is 13.2. The third-order valence-electron chi connectivity index (χ3n) is 2.27. The lowest BCUT2D eigenvalue weighted by atomic mass is 10.1. The van der Waals surface area contributed by atoms with Gasteiger partial charge in [-0.15, -0.1) is 0 Å². The van der Waals surface area contributed by atoms with E-state index in [2.05, 4.69) is 5.32 Å². The molecule has 0 fully saturated rings. The van der Waals surface area contributed by atoms with E-state index in [9.17, 15) is 4.39 Å². The Kier molecular flexibility index (Phi) is 5.29. The molecule has 1 aromatic carbocycles. The maximum absolute atomic E-state index is 13.2. The van der Waals surface area contributed by atoms with Crippen LogP contribution in [0.4, 0.5) is 4.39 Å². The number of benzene rings is 1. The molecule has 1 aromatic rings. The Bertz CT molecular complexity index is 302. The summed E-state index contributed by atoms with van der Waals surface area (Å²) < 4.78 is 18.1. The number of hydrogen-bond donors (Lipinski definition) is 1. The molecule has 0 atom stereocenters. The molecule has 0 saturated heterocycles. The average molecular weight is 211 g/mol. The Morgan fingerprint density at radius 1 is 1.40 bits per heavy atom. The number of methoxy groups -OCH3 is 1. The van der Waals surface area contributed by atoms with E-state index >= 15 is 0 Å². The van der Waals surface area contributed by atoms with Crippen molar-refractivity contribution < 1.29 is 9.13 Å². The first-order valence-electron chi connectivity index (χ1n) is 5.18. The highest BCUT2D eigenvalue weighted by atomic mass is 19.1. The molecule has 0 amide bonds. The molecule has 0 aliphatic rings. The minimum atomic E-state index is -0.133. The Balaban J connectivity index is 2.28. The van der Waals surface area contributed by atoms with Crippen molar-refractivity contribution in [3.8, 4) is 0 Å². The fourth-order valence-electron chi connectivity index (χ4n) is 1.32. The van der Waals surface area contributed by atoms with Gasteiger partial charge in [0.2, 0.25) is 0 Å². The van der Waals surface area contributed by atoms with E-state index in [1.807, 2.05) is 12.1 Å². The van der Waals surface area contributed by atoms with Crippen LogP contribution in [0.25, 0.3) is 0 Å². The Morgan fingerprint density at radius 2 is 2.20 bits per heavy atom. The minimum Gasteiger partial charge on any atom is -0.385 e. The summed E-state index contributed by atoms with van der Waals surface area (Å²) in [6.45, 7) is 4.13. The lowest BCUT2D eigenvalue weighted by molar-refractivity contribution is 0.194. The fraction of sp³-hybridized carbons (Fsp3) is 0.500. The van der Waals surface area contributed by atoms with Gasteiger partial charge < -0.3 is 10.1 Å². The molecule has 15 heavy (non-hydrogen) atoms. The lowest BCUT2D eigenvalue weighted by Gasteiger charge is -2.05. The van der Waals surface area contributed by atoms with E-state index in [-0.39, 0.29) is 5.82 Å². The van der Waals surface area contributed by atoms with Crippen molar-refractivity contribution >= 4 is 0 Å². The number of rotatable bonds is 6. The van der Waals surface area contributed by atoms with Gasteiger partial charge in [-0.05, 0) is 37.1 Å². The zero-order valence-corrected chi connectivity index (χ0v) is 9.35. The largest absolute Gasteiger partial charge is 0.385 e. The van der Waals surface area contributed by atoms with Gasteiger partial charge in [0.05, 0.1) is 0 Å². The summed E-state index contributed by atoms with van der Waals surface area (Å²) >= 11 is 0. The number of nitrogens with one attached hydrogen (secondary N) is 1. The van der Waals surface area contributed by atoms with E-state index in [1.54, 1.807) is 20.1 Å². The Morgan fingerprint density at radius 3 is 2.87 bits per heavy atom. The second-order valence-corrected chi connectivity index (χ2v) is 3.61. The second kappa shape index (κ2) is 6.53. The molecule has 1 N–H and O–H groups in total. The van der Waals surface area contributed by atoms with E-state index in [0.29, 0.717) is 12.1 Å². The monoisotopic (exact) mass is 211 g/mol. The Hall–Kier alpha value is -0.930. The van der Waals surface area contributed by atoms with E-state index in [4.69, 9.17) is 4.74 Å². The summed E-state index contributed by atoms with van der Waals surface area (Å²) in [5, 5.41) is 3.24. The highest BCUT2D eigenvalue weighted by Gasteiger charge is 1.98. The standard InChI is InChI=1S/C12H18FNO/c1-10-4-5-11(8-12(10)13)9-14-6-3-7-15-2/h4-5,8,14H,3,6-7,9H2,1-2H3. The summed E-state index contributed by atoms with van der Waals surface area (Å²) in [6, 6.07) is 5.34. The molecule has 0 bridgehead atoms. The van der Waals surface area contributed by atoms with Crippen molar-refractivity contribution in [3.63, 3.8) is 0 Å². The minimum absolute atomic E-state index is 0.133. The molecule has 0 heterocycles. The van der Waals surface area contributed by atoms with Gasteiger partial charge in [0.25, 0.3) is 0 Å². The molecule has 1 rings (SSSR count). The van der Waals surface area contributed by atoms with Gasteiger partial charge in [-0.25, -0.2) is 4.39 Å². The van der Waals surface area contributed by atoms with Crippen molar-refractivity contribution in [2.75, 3.05) is 20.3 Å². The van der Waals surface area contributed by atoms with Gasteiger partial charge in [-0.1, -0.05) is 12.1 Å². The van der Waals surface area contributed by atoms with Crippen LogP contribution in [0.5, 0.6) is 0 Å². The van der Waals surface area contributed by atoms with Crippen molar-refractivity contribution in [2.45, 2.75) is 19.9 Å². The fourth-order valence-corrected chi connectivity index (χ4v) is 1.32. The molecule has 2 nitrogen and oxygen atoms in total. The van der Waals surface area contributed by atoms with Crippen LogP contribution in [-0.2, 0) is 11.3 Å². The molecule has 3 heteroatoms. The number of hydrogen-bond acceptors (Lipinski definition) is 2. The zero-order chi connectivity index (χ0) is 11.1. The summed E-state index contributed by atoms with van der Waals surface area (Å²) in [5.74, 6) is -0.133. The van der Waals surface area contributed by atoms with Crippen molar-refractivity contribution in [3.05, 3.63) is 35.1 Å². The molecule has 0 aromatic heterocycles. The van der Waals surface area contributed by atoms with E-state index in [0.717, 1.165) is 25.1 Å². The van der Waals surface area contributed by atoms with Gasteiger partial charge in [0, 0.05) is 20.3 Å². The highest BCUT2D eigenvalue weighted by Crippen LogP contribution is 2.08. The molecule has 0 spiro atoms. The first-order chi connectivity index (χ1) is 7.24. The topological polar surface area (TPSA) is 21.3 Å². The summed E-state index contributed by atoms with van der Waals surface area (Å²) in [7, 11) is 1.69. The number of aryl methyl sites for hydroxylation is 1. The van der Waals surface area contributed by atoms with Crippen LogP contribution in [-0.4, -0.2) is 20.3 Å². The normalized spacial score (nSPS) is 10.6. The van der Waals surface area contributed by atoms with Crippen LogP contribution >= 0.6 is 0 Å². The molecule has 0 saturated carbocycles. The molecular weight excluding hydrogens is 193 g/mol. The van der Waals surface area contributed by atoms with Crippen LogP contribution < -0.4 is 5.32 Å². The smallest absolute Gasteiger partial charge is 0.126 e. The van der Waals surface area contributed by atoms with Crippen LogP contribution in [0.3, 0.4) is 0 Å². The molecular formula is C12H18FNO. The van der Waals surface area contributed by atoms with Gasteiger partial charge in [-0.2, -0.15) is 0 Å². The van der Waals surface area contributed by atoms with Crippen molar-refractivity contribution in [2.24, 2.45) is 0 Å². The quantitative estimate of drug-likeness (QED) is 0.729. The lowest BCUT2D eigenvalue weighted by Crippen LogP contribution is -2.16. The predicted octanol–water partition coefficient (Wildman–Crippen LogP) is 2.26. The summed E-state index contributed by atoms with van der Waals surface area (Å²) in [5.41, 5.74) is 1.67. The third kappa shape index (κ3) is 4.40. The van der Waals surface area contributed by atoms with Gasteiger partial charge >= 0.3 is 0 Å².